The maximum Gasteiger partial charge on any atom is 0.146 e. The maximum atomic E-state index is 5.76. The Morgan fingerprint density at radius 1 is 1.11 bits per heavy atom. The quantitative estimate of drug-likeness (QED) is 0.672. The lowest BCUT2D eigenvalue weighted by Crippen LogP contribution is -1.93. The predicted octanol–water partition coefficient (Wildman–Crippen LogP) is 5.08. The van der Waals surface area contributed by atoms with Gasteiger partial charge < -0.3 is 9.15 Å². The Balaban J connectivity index is 1.78. The van der Waals surface area contributed by atoms with Gasteiger partial charge in [0.1, 0.15) is 23.7 Å². The molecule has 3 heteroatoms. The molecular weight excluding hydrogens is 304 g/mol. The van der Waals surface area contributed by atoms with E-state index in [1.165, 1.54) is 5.56 Å². The van der Waals surface area contributed by atoms with Crippen LogP contribution in [0.15, 0.2) is 57.4 Å². The van der Waals surface area contributed by atoms with Crippen LogP contribution in [0.1, 0.15) is 11.3 Å². The fourth-order valence-corrected chi connectivity index (χ4v) is 2.35. The minimum atomic E-state index is 0.435. The monoisotopic (exact) mass is 316 g/mol. The van der Waals surface area contributed by atoms with E-state index in [9.17, 15) is 0 Å². The van der Waals surface area contributed by atoms with Crippen LogP contribution in [-0.4, -0.2) is 0 Å². The summed E-state index contributed by atoms with van der Waals surface area (Å²) in [7, 11) is 0. The number of halogens is 1. The van der Waals surface area contributed by atoms with Crippen molar-refractivity contribution >= 4 is 26.9 Å². The Morgan fingerprint density at radius 3 is 2.84 bits per heavy atom. The van der Waals surface area contributed by atoms with E-state index in [-0.39, 0.29) is 0 Å². The summed E-state index contributed by atoms with van der Waals surface area (Å²) in [5, 5.41) is 1.11. The highest BCUT2D eigenvalue weighted by Gasteiger charge is 2.05. The Bertz CT molecular complexity index is 716. The molecule has 19 heavy (non-hydrogen) atoms. The van der Waals surface area contributed by atoms with Crippen molar-refractivity contribution in [2.75, 3.05) is 0 Å². The van der Waals surface area contributed by atoms with Gasteiger partial charge in [-0.2, -0.15) is 0 Å². The van der Waals surface area contributed by atoms with Crippen molar-refractivity contribution in [1.82, 2.24) is 0 Å². The van der Waals surface area contributed by atoms with Gasteiger partial charge in [0.15, 0.2) is 0 Å². The van der Waals surface area contributed by atoms with Crippen molar-refractivity contribution in [3.8, 4) is 5.75 Å². The summed E-state index contributed by atoms with van der Waals surface area (Å²) in [5.74, 6) is 1.66. The second kappa shape index (κ2) is 5.10. The van der Waals surface area contributed by atoms with Crippen LogP contribution >= 0.6 is 15.9 Å². The molecule has 0 spiro atoms. The van der Waals surface area contributed by atoms with Crippen molar-refractivity contribution in [3.63, 3.8) is 0 Å². The number of fused-ring (bicyclic) bond motifs is 1. The minimum absolute atomic E-state index is 0.435. The van der Waals surface area contributed by atoms with Gasteiger partial charge in [-0.05, 0) is 42.8 Å². The molecule has 0 atom stereocenters. The third kappa shape index (κ3) is 2.82. The average molecular weight is 317 g/mol. The first-order chi connectivity index (χ1) is 9.20. The number of aryl methyl sites for hydroxylation is 1. The minimum Gasteiger partial charge on any atom is -0.486 e. The molecule has 0 radical (unpaired) electrons. The standard InChI is InChI=1S/C16H13BrO2/c1-11-5-6-12-8-15(19-16(12)7-11)10-18-14-4-2-3-13(17)9-14/h2-9H,10H2,1H3. The van der Waals surface area contributed by atoms with Gasteiger partial charge >= 0.3 is 0 Å². The molecule has 0 amide bonds. The lowest BCUT2D eigenvalue weighted by molar-refractivity contribution is 0.274. The average Bonchev–Trinajstić information content (AvgIpc) is 2.78. The summed E-state index contributed by atoms with van der Waals surface area (Å²) in [6.07, 6.45) is 0. The Kier molecular flexibility index (Phi) is 3.30. The summed E-state index contributed by atoms with van der Waals surface area (Å²) < 4.78 is 12.5. The Morgan fingerprint density at radius 2 is 2.00 bits per heavy atom. The van der Waals surface area contributed by atoms with E-state index in [1.54, 1.807) is 0 Å². The SMILES string of the molecule is Cc1ccc2cc(COc3cccc(Br)c3)oc2c1. The van der Waals surface area contributed by atoms with E-state index in [2.05, 4.69) is 35.0 Å². The highest BCUT2D eigenvalue weighted by Crippen LogP contribution is 2.23. The lowest BCUT2D eigenvalue weighted by Gasteiger charge is -2.03. The number of ether oxygens (including phenoxy) is 1. The van der Waals surface area contributed by atoms with Gasteiger partial charge in [0.25, 0.3) is 0 Å². The summed E-state index contributed by atoms with van der Waals surface area (Å²) in [6, 6.07) is 16.0. The number of furan rings is 1. The number of hydrogen-bond donors (Lipinski definition) is 0. The van der Waals surface area contributed by atoms with Gasteiger partial charge in [-0.25, -0.2) is 0 Å². The summed E-state index contributed by atoms with van der Waals surface area (Å²) in [5.41, 5.74) is 2.11. The molecule has 0 saturated heterocycles. The first-order valence-electron chi connectivity index (χ1n) is 6.08. The molecule has 0 bridgehead atoms. The molecule has 3 rings (SSSR count). The molecule has 1 heterocycles. The first-order valence-corrected chi connectivity index (χ1v) is 6.87. The van der Waals surface area contributed by atoms with Crippen LogP contribution in [-0.2, 0) is 6.61 Å². The molecule has 1 aromatic heterocycles. The van der Waals surface area contributed by atoms with Gasteiger partial charge in [-0.3, -0.25) is 0 Å². The van der Waals surface area contributed by atoms with E-state index in [0.29, 0.717) is 6.61 Å². The smallest absolute Gasteiger partial charge is 0.146 e. The van der Waals surface area contributed by atoms with Crippen LogP contribution in [0.5, 0.6) is 5.75 Å². The predicted molar refractivity (Wildman–Crippen MR) is 79.4 cm³/mol. The largest absolute Gasteiger partial charge is 0.486 e. The molecule has 0 N–H and O–H groups in total. The van der Waals surface area contributed by atoms with Crippen molar-refractivity contribution in [2.45, 2.75) is 13.5 Å². The Labute approximate surface area is 120 Å². The zero-order valence-corrected chi connectivity index (χ0v) is 12.1. The summed E-state index contributed by atoms with van der Waals surface area (Å²) >= 11 is 3.42. The van der Waals surface area contributed by atoms with Gasteiger partial charge in [-0.1, -0.05) is 34.1 Å². The number of rotatable bonds is 3. The molecule has 0 unspecified atom stereocenters. The van der Waals surface area contributed by atoms with Crippen LogP contribution in [0.25, 0.3) is 11.0 Å². The lowest BCUT2D eigenvalue weighted by atomic mass is 10.2. The number of benzene rings is 2. The summed E-state index contributed by atoms with van der Waals surface area (Å²) in [4.78, 5) is 0. The molecule has 96 valence electrons. The highest BCUT2D eigenvalue weighted by molar-refractivity contribution is 9.10. The molecular formula is C16H13BrO2. The molecule has 0 aliphatic rings. The fraction of sp³-hybridized carbons (Fsp3) is 0.125. The second-order valence-corrected chi connectivity index (χ2v) is 5.42. The zero-order valence-electron chi connectivity index (χ0n) is 10.5. The zero-order chi connectivity index (χ0) is 13.2. The fourth-order valence-electron chi connectivity index (χ4n) is 1.98. The molecule has 0 fully saturated rings. The van der Waals surface area contributed by atoms with Crippen LogP contribution in [0.4, 0.5) is 0 Å². The molecule has 0 saturated carbocycles. The Hall–Kier alpha value is -1.74. The van der Waals surface area contributed by atoms with Gasteiger partial charge in [-0.15, -0.1) is 0 Å². The van der Waals surface area contributed by atoms with E-state index in [4.69, 9.17) is 9.15 Å². The van der Waals surface area contributed by atoms with E-state index < -0.39 is 0 Å². The van der Waals surface area contributed by atoms with Gasteiger partial charge in [0.2, 0.25) is 0 Å². The van der Waals surface area contributed by atoms with E-state index in [1.807, 2.05) is 36.4 Å². The second-order valence-electron chi connectivity index (χ2n) is 4.50. The molecule has 3 aromatic rings. The van der Waals surface area contributed by atoms with Crippen molar-refractivity contribution in [1.29, 1.82) is 0 Å². The molecule has 2 nitrogen and oxygen atoms in total. The van der Waals surface area contributed by atoms with Crippen LogP contribution in [0, 0.1) is 6.92 Å². The number of hydrogen-bond acceptors (Lipinski definition) is 2. The van der Waals surface area contributed by atoms with Gasteiger partial charge in [0.05, 0.1) is 0 Å². The first kappa shape index (κ1) is 12.3. The molecule has 2 aromatic carbocycles. The van der Waals surface area contributed by atoms with Crippen LogP contribution < -0.4 is 4.74 Å². The third-order valence-electron chi connectivity index (χ3n) is 2.90. The van der Waals surface area contributed by atoms with Gasteiger partial charge in [0, 0.05) is 9.86 Å². The third-order valence-corrected chi connectivity index (χ3v) is 3.40. The van der Waals surface area contributed by atoms with Crippen molar-refractivity contribution in [2.24, 2.45) is 0 Å². The van der Waals surface area contributed by atoms with Crippen LogP contribution in [0.3, 0.4) is 0 Å². The molecule has 0 aliphatic carbocycles. The van der Waals surface area contributed by atoms with Crippen molar-refractivity contribution < 1.29 is 9.15 Å². The maximum absolute atomic E-state index is 5.76. The van der Waals surface area contributed by atoms with Crippen LogP contribution in [0.2, 0.25) is 0 Å². The van der Waals surface area contributed by atoms with E-state index in [0.717, 1.165) is 27.0 Å². The van der Waals surface area contributed by atoms with Crippen molar-refractivity contribution in [3.05, 3.63) is 64.3 Å². The highest BCUT2D eigenvalue weighted by atomic mass is 79.9. The normalized spacial score (nSPS) is 10.8. The summed E-state index contributed by atoms with van der Waals surface area (Å²) in [6.45, 7) is 2.49. The van der Waals surface area contributed by atoms with E-state index >= 15 is 0 Å². The molecule has 0 aliphatic heterocycles. The topological polar surface area (TPSA) is 22.4 Å².